The van der Waals surface area contributed by atoms with Crippen molar-refractivity contribution in [3.63, 3.8) is 0 Å². The molecule has 6 rings (SSSR count). The first-order chi connectivity index (χ1) is 16.2. The van der Waals surface area contributed by atoms with Crippen molar-refractivity contribution in [2.75, 3.05) is 36.5 Å². The number of fused-ring (bicyclic) bond motifs is 2. The maximum absolute atomic E-state index is 5.55. The van der Waals surface area contributed by atoms with Crippen LogP contribution >= 0.6 is 12.4 Å². The van der Waals surface area contributed by atoms with Gasteiger partial charge in [0.05, 0.1) is 16.7 Å². The van der Waals surface area contributed by atoms with Crippen molar-refractivity contribution in [2.24, 2.45) is 0 Å². The number of hydrogen-bond donors (Lipinski definition) is 1. The Kier molecular flexibility index (Phi) is 6.27. The lowest BCUT2D eigenvalue weighted by Crippen LogP contribution is -2.29. The molecule has 0 atom stereocenters. The zero-order valence-corrected chi connectivity index (χ0v) is 20.4. The standard InChI is InChI=1S/C25H29N7O.ClH/c1-16-6-5-7-19-24(16)29-25(17(2)26-19)20-14-22-28-21(31-10-3-4-11-31)15-23(32(22)30-20)27-18-8-12-33-13-9-18;/h5-7,14-15,18,27H,3-4,8-13H2,1-2H3;1H. The number of para-hydroxylation sites is 1. The van der Waals surface area contributed by atoms with Gasteiger partial charge in [-0.3, -0.25) is 0 Å². The Morgan fingerprint density at radius 3 is 2.59 bits per heavy atom. The van der Waals surface area contributed by atoms with Gasteiger partial charge < -0.3 is 15.0 Å². The summed E-state index contributed by atoms with van der Waals surface area (Å²) in [6, 6.07) is 10.7. The number of aromatic nitrogens is 5. The Balaban J connectivity index is 0.00000241. The number of halogens is 1. The number of anilines is 2. The lowest BCUT2D eigenvalue weighted by Gasteiger charge is -2.25. The minimum absolute atomic E-state index is 0. The van der Waals surface area contributed by atoms with Gasteiger partial charge in [0.25, 0.3) is 0 Å². The molecule has 9 heteroatoms. The van der Waals surface area contributed by atoms with E-state index in [9.17, 15) is 0 Å². The van der Waals surface area contributed by atoms with Crippen LogP contribution in [-0.4, -0.2) is 56.9 Å². The van der Waals surface area contributed by atoms with Crippen LogP contribution in [0.4, 0.5) is 11.6 Å². The summed E-state index contributed by atoms with van der Waals surface area (Å²) in [5.74, 6) is 1.99. The number of aryl methyl sites for hydroxylation is 2. The smallest absolute Gasteiger partial charge is 0.160 e. The van der Waals surface area contributed by atoms with Crippen LogP contribution in [0.3, 0.4) is 0 Å². The van der Waals surface area contributed by atoms with Crippen LogP contribution in [0.1, 0.15) is 36.9 Å². The highest BCUT2D eigenvalue weighted by Gasteiger charge is 2.21. The highest BCUT2D eigenvalue weighted by atomic mass is 35.5. The van der Waals surface area contributed by atoms with E-state index in [0.717, 1.165) is 90.1 Å². The van der Waals surface area contributed by atoms with Crippen LogP contribution < -0.4 is 10.2 Å². The largest absolute Gasteiger partial charge is 0.381 e. The molecule has 5 heterocycles. The first-order valence-corrected chi connectivity index (χ1v) is 11.9. The van der Waals surface area contributed by atoms with Gasteiger partial charge in [0, 0.05) is 44.5 Å². The van der Waals surface area contributed by atoms with Gasteiger partial charge >= 0.3 is 0 Å². The van der Waals surface area contributed by atoms with Crippen LogP contribution in [0.5, 0.6) is 0 Å². The van der Waals surface area contributed by atoms with E-state index in [1.807, 2.05) is 29.6 Å². The zero-order chi connectivity index (χ0) is 22.4. The number of ether oxygens (including phenoxy) is 1. The van der Waals surface area contributed by atoms with Crippen molar-refractivity contribution in [1.29, 1.82) is 0 Å². The van der Waals surface area contributed by atoms with Crippen molar-refractivity contribution < 1.29 is 4.74 Å². The number of benzene rings is 1. The highest BCUT2D eigenvalue weighted by molar-refractivity contribution is 5.85. The molecule has 0 radical (unpaired) electrons. The molecule has 1 aromatic carbocycles. The van der Waals surface area contributed by atoms with Gasteiger partial charge in [0.1, 0.15) is 23.0 Å². The first kappa shape index (κ1) is 22.8. The second-order valence-electron chi connectivity index (χ2n) is 9.12. The molecule has 2 aliphatic heterocycles. The first-order valence-electron chi connectivity index (χ1n) is 11.9. The molecule has 0 unspecified atom stereocenters. The summed E-state index contributed by atoms with van der Waals surface area (Å²) in [5, 5.41) is 8.68. The number of rotatable bonds is 4. The molecule has 3 aromatic heterocycles. The summed E-state index contributed by atoms with van der Waals surface area (Å²) < 4.78 is 7.48. The second kappa shape index (κ2) is 9.35. The number of nitrogens with one attached hydrogen (secondary N) is 1. The van der Waals surface area contributed by atoms with Crippen molar-refractivity contribution >= 4 is 40.7 Å². The van der Waals surface area contributed by atoms with Gasteiger partial charge in [-0.25, -0.2) is 15.0 Å². The molecule has 0 amide bonds. The maximum Gasteiger partial charge on any atom is 0.160 e. The van der Waals surface area contributed by atoms with Crippen molar-refractivity contribution in [1.82, 2.24) is 24.6 Å². The molecule has 34 heavy (non-hydrogen) atoms. The van der Waals surface area contributed by atoms with Crippen molar-refractivity contribution in [3.8, 4) is 11.4 Å². The molecular weight excluding hydrogens is 450 g/mol. The van der Waals surface area contributed by atoms with Crippen LogP contribution in [-0.2, 0) is 4.74 Å². The van der Waals surface area contributed by atoms with Crippen LogP contribution in [0.25, 0.3) is 28.1 Å². The van der Waals surface area contributed by atoms with Crippen LogP contribution in [0, 0.1) is 13.8 Å². The third kappa shape index (κ3) is 4.16. The molecular formula is C25H30ClN7O. The van der Waals surface area contributed by atoms with Crippen molar-refractivity contribution in [2.45, 2.75) is 45.6 Å². The van der Waals surface area contributed by atoms with E-state index >= 15 is 0 Å². The van der Waals surface area contributed by atoms with E-state index in [4.69, 9.17) is 24.8 Å². The summed E-state index contributed by atoms with van der Waals surface area (Å²) in [6.45, 7) is 7.75. The Morgan fingerprint density at radius 2 is 1.79 bits per heavy atom. The molecule has 0 bridgehead atoms. The van der Waals surface area contributed by atoms with Crippen LogP contribution in [0.15, 0.2) is 30.3 Å². The highest BCUT2D eigenvalue weighted by Crippen LogP contribution is 2.29. The molecule has 2 saturated heterocycles. The molecule has 0 aliphatic carbocycles. The minimum Gasteiger partial charge on any atom is -0.381 e. The third-order valence-electron chi connectivity index (χ3n) is 6.73. The van der Waals surface area contributed by atoms with E-state index in [1.165, 1.54) is 12.8 Å². The van der Waals surface area contributed by atoms with Gasteiger partial charge in [0.2, 0.25) is 0 Å². The average Bonchev–Trinajstić information content (AvgIpc) is 3.50. The summed E-state index contributed by atoms with van der Waals surface area (Å²) in [4.78, 5) is 17.1. The summed E-state index contributed by atoms with van der Waals surface area (Å²) in [7, 11) is 0. The Bertz CT molecular complexity index is 1330. The Hall–Kier alpha value is -2.97. The Morgan fingerprint density at radius 1 is 1.00 bits per heavy atom. The Labute approximate surface area is 205 Å². The van der Waals surface area contributed by atoms with E-state index in [-0.39, 0.29) is 12.4 Å². The lowest BCUT2D eigenvalue weighted by atomic mass is 10.1. The molecule has 2 fully saturated rings. The van der Waals surface area contributed by atoms with E-state index in [1.54, 1.807) is 0 Å². The third-order valence-corrected chi connectivity index (χ3v) is 6.73. The van der Waals surface area contributed by atoms with Gasteiger partial charge in [-0.2, -0.15) is 9.61 Å². The number of hydrogen-bond acceptors (Lipinski definition) is 7. The van der Waals surface area contributed by atoms with Gasteiger partial charge in [-0.1, -0.05) is 12.1 Å². The summed E-state index contributed by atoms with van der Waals surface area (Å²) in [5.41, 5.74) is 6.25. The van der Waals surface area contributed by atoms with E-state index < -0.39 is 0 Å². The molecule has 4 aromatic rings. The lowest BCUT2D eigenvalue weighted by molar-refractivity contribution is 0.0903. The summed E-state index contributed by atoms with van der Waals surface area (Å²) in [6.07, 6.45) is 4.41. The molecule has 8 nitrogen and oxygen atoms in total. The zero-order valence-electron chi connectivity index (χ0n) is 19.6. The van der Waals surface area contributed by atoms with Crippen molar-refractivity contribution in [3.05, 3.63) is 41.6 Å². The normalized spacial score (nSPS) is 16.8. The topological polar surface area (TPSA) is 80.5 Å². The quantitative estimate of drug-likeness (QED) is 0.459. The number of nitrogens with zero attached hydrogens (tertiary/aromatic N) is 6. The predicted octanol–water partition coefficient (Wildman–Crippen LogP) is 4.57. The molecule has 0 spiro atoms. The van der Waals surface area contributed by atoms with E-state index in [0.29, 0.717) is 6.04 Å². The maximum atomic E-state index is 5.55. The SMILES string of the molecule is Cc1nc2cccc(C)c2nc1-c1cc2nc(N3CCCC3)cc(NC3CCOCC3)n2n1.Cl. The fourth-order valence-electron chi connectivity index (χ4n) is 4.89. The molecule has 1 N–H and O–H groups in total. The van der Waals surface area contributed by atoms with Gasteiger partial charge in [-0.15, -0.1) is 12.4 Å². The predicted molar refractivity (Wildman–Crippen MR) is 137 cm³/mol. The molecule has 178 valence electrons. The molecule has 0 saturated carbocycles. The van der Waals surface area contributed by atoms with Gasteiger partial charge in [0.15, 0.2) is 5.65 Å². The second-order valence-corrected chi connectivity index (χ2v) is 9.12. The minimum atomic E-state index is 0. The summed E-state index contributed by atoms with van der Waals surface area (Å²) >= 11 is 0. The van der Waals surface area contributed by atoms with E-state index in [2.05, 4.69) is 29.3 Å². The average molecular weight is 480 g/mol. The fraction of sp³-hybridized carbons (Fsp3) is 0.440. The molecule has 2 aliphatic rings. The monoisotopic (exact) mass is 479 g/mol. The van der Waals surface area contributed by atoms with Crippen LogP contribution in [0.2, 0.25) is 0 Å². The fourth-order valence-corrected chi connectivity index (χ4v) is 4.89. The van der Waals surface area contributed by atoms with Gasteiger partial charge in [-0.05, 0) is 51.2 Å².